The molecule has 0 aromatic heterocycles. The number of hydrogen-bond acceptors (Lipinski definition) is 6. The molecule has 0 N–H and O–H groups in total. The normalized spacial score (nSPS) is 12.7. The van der Waals surface area contributed by atoms with Crippen LogP contribution in [0.1, 0.15) is 323 Å². The molecule has 0 radical (unpaired) electrons. The number of esters is 3. The number of unbranched alkanes of at least 4 members (excludes halogenated alkanes) is 33. The molecule has 0 fully saturated rings. The molecule has 0 aromatic rings. The van der Waals surface area contributed by atoms with E-state index in [-0.39, 0.29) is 31.1 Å². The van der Waals surface area contributed by atoms with E-state index < -0.39 is 6.10 Å². The fourth-order valence-electron chi connectivity index (χ4n) is 9.40. The van der Waals surface area contributed by atoms with Crippen LogP contribution in [0.15, 0.2) is 97.2 Å². The minimum Gasteiger partial charge on any atom is -0.462 e. The summed E-state index contributed by atoms with van der Waals surface area (Å²) in [6, 6.07) is 0. The van der Waals surface area contributed by atoms with Gasteiger partial charge in [0.1, 0.15) is 13.2 Å². The summed E-state index contributed by atoms with van der Waals surface area (Å²) >= 11 is 0. The Balaban J connectivity index is 4.11. The van der Waals surface area contributed by atoms with Crippen molar-refractivity contribution in [3.05, 3.63) is 97.2 Å². The Labute approximate surface area is 483 Å². The van der Waals surface area contributed by atoms with Gasteiger partial charge in [-0.1, -0.05) is 317 Å². The van der Waals surface area contributed by atoms with Crippen LogP contribution in [-0.4, -0.2) is 37.2 Å². The zero-order valence-corrected chi connectivity index (χ0v) is 51.4. The molecule has 0 bridgehead atoms. The van der Waals surface area contributed by atoms with Gasteiger partial charge in [-0.25, -0.2) is 0 Å². The summed E-state index contributed by atoms with van der Waals surface area (Å²) in [7, 11) is 0. The van der Waals surface area contributed by atoms with E-state index in [1.165, 1.54) is 161 Å². The van der Waals surface area contributed by atoms with Crippen LogP contribution in [0.2, 0.25) is 0 Å². The van der Waals surface area contributed by atoms with Gasteiger partial charge in [0, 0.05) is 19.3 Å². The van der Waals surface area contributed by atoms with Gasteiger partial charge in [0.15, 0.2) is 6.10 Å². The van der Waals surface area contributed by atoms with Gasteiger partial charge in [0.25, 0.3) is 0 Å². The third kappa shape index (κ3) is 63.2. The standard InChI is InChI=1S/C72H124O6/c1-4-7-10-13-16-18-20-22-24-26-28-30-32-33-34-35-36-37-38-39-41-42-44-46-48-50-52-54-56-59-62-65-71(74)77-68-69(67-76-70(73)64-61-58-15-12-9-6-3)78-72(75)66-63-60-57-55-53-51-49-47-45-43-40-31-29-27-25-23-21-19-17-14-11-8-5-2/h7,10,16,18,22,24,28,30,33-34,36-37,39,41,44,46,69H,4-6,8-9,11-15,17,19-21,23,25-27,29,31-32,35,38,40,42-43,45,47-68H2,1-3H3/b10-7-,18-16-,24-22-,30-28-,34-33-,37-36-,41-39-,46-44-. The topological polar surface area (TPSA) is 78.9 Å². The number of hydrogen-bond donors (Lipinski definition) is 0. The Morgan fingerprint density at radius 3 is 0.782 bits per heavy atom. The van der Waals surface area contributed by atoms with Crippen molar-refractivity contribution in [1.29, 1.82) is 0 Å². The molecule has 6 heteroatoms. The molecule has 78 heavy (non-hydrogen) atoms. The van der Waals surface area contributed by atoms with Crippen molar-refractivity contribution < 1.29 is 28.6 Å². The van der Waals surface area contributed by atoms with E-state index in [1.807, 2.05) is 0 Å². The first kappa shape index (κ1) is 74.3. The van der Waals surface area contributed by atoms with Gasteiger partial charge >= 0.3 is 17.9 Å². The van der Waals surface area contributed by atoms with E-state index in [1.54, 1.807) is 0 Å². The first-order chi connectivity index (χ1) is 38.5. The second-order valence-electron chi connectivity index (χ2n) is 22.0. The molecule has 6 nitrogen and oxygen atoms in total. The summed E-state index contributed by atoms with van der Waals surface area (Å²) in [6.45, 7) is 6.49. The first-order valence-electron chi connectivity index (χ1n) is 33.2. The third-order valence-electron chi connectivity index (χ3n) is 14.4. The fourth-order valence-corrected chi connectivity index (χ4v) is 9.40. The molecule has 0 aliphatic carbocycles. The summed E-state index contributed by atoms with van der Waals surface area (Å²) in [6.07, 6.45) is 88.9. The Morgan fingerprint density at radius 1 is 0.269 bits per heavy atom. The minimum atomic E-state index is -0.780. The molecule has 0 saturated carbocycles. The van der Waals surface area contributed by atoms with E-state index in [2.05, 4.69) is 118 Å². The molecule has 0 rings (SSSR count). The lowest BCUT2D eigenvalue weighted by Crippen LogP contribution is -2.30. The van der Waals surface area contributed by atoms with Crippen LogP contribution < -0.4 is 0 Å². The van der Waals surface area contributed by atoms with Crippen molar-refractivity contribution in [2.24, 2.45) is 0 Å². The molecule has 0 amide bonds. The fraction of sp³-hybridized carbons (Fsp3) is 0.736. The average molecular weight is 1090 g/mol. The van der Waals surface area contributed by atoms with Gasteiger partial charge < -0.3 is 14.2 Å². The quantitative estimate of drug-likeness (QED) is 0.0261. The molecule has 1 unspecified atom stereocenters. The Hall–Kier alpha value is -3.67. The van der Waals surface area contributed by atoms with Crippen molar-refractivity contribution >= 4 is 17.9 Å². The van der Waals surface area contributed by atoms with Crippen LogP contribution >= 0.6 is 0 Å². The molecular formula is C72H124O6. The molecule has 0 saturated heterocycles. The number of allylic oxidation sites excluding steroid dienone is 16. The molecule has 0 aliphatic rings. The van der Waals surface area contributed by atoms with E-state index in [0.717, 1.165) is 122 Å². The van der Waals surface area contributed by atoms with Gasteiger partial charge in [-0.3, -0.25) is 14.4 Å². The molecule has 0 aliphatic heterocycles. The second kappa shape index (κ2) is 65.8. The summed E-state index contributed by atoms with van der Waals surface area (Å²) in [4.78, 5) is 38.0. The van der Waals surface area contributed by atoms with Crippen molar-refractivity contribution in [3.8, 4) is 0 Å². The molecular weight excluding hydrogens is 961 g/mol. The van der Waals surface area contributed by atoms with E-state index in [9.17, 15) is 14.4 Å². The number of carbonyl (C=O) groups is 3. The first-order valence-corrected chi connectivity index (χ1v) is 33.2. The van der Waals surface area contributed by atoms with Crippen molar-refractivity contribution in [2.75, 3.05) is 13.2 Å². The predicted molar refractivity (Wildman–Crippen MR) is 339 cm³/mol. The highest BCUT2D eigenvalue weighted by atomic mass is 16.6. The highest BCUT2D eigenvalue weighted by Gasteiger charge is 2.19. The average Bonchev–Trinajstić information content (AvgIpc) is 3.44. The van der Waals surface area contributed by atoms with Gasteiger partial charge in [-0.15, -0.1) is 0 Å². The Kier molecular flexibility index (Phi) is 62.7. The minimum absolute atomic E-state index is 0.0793. The molecule has 0 heterocycles. The van der Waals surface area contributed by atoms with Crippen LogP contribution in [0.5, 0.6) is 0 Å². The van der Waals surface area contributed by atoms with Crippen molar-refractivity contribution in [1.82, 2.24) is 0 Å². The Morgan fingerprint density at radius 2 is 0.500 bits per heavy atom. The van der Waals surface area contributed by atoms with Crippen LogP contribution in [0, 0.1) is 0 Å². The third-order valence-corrected chi connectivity index (χ3v) is 14.4. The molecule has 0 aromatic carbocycles. The largest absolute Gasteiger partial charge is 0.462 e. The lowest BCUT2D eigenvalue weighted by Gasteiger charge is -2.18. The van der Waals surface area contributed by atoms with Crippen LogP contribution in [0.3, 0.4) is 0 Å². The van der Waals surface area contributed by atoms with Crippen molar-refractivity contribution in [3.63, 3.8) is 0 Å². The summed E-state index contributed by atoms with van der Waals surface area (Å²) in [5.74, 6) is -0.892. The van der Waals surface area contributed by atoms with Gasteiger partial charge in [0.05, 0.1) is 0 Å². The Bertz CT molecular complexity index is 1530. The number of ether oxygens (including phenoxy) is 3. The summed E-state index contributed by atoms with van der Waals surface area (Å²) < 4.78 is 16.8. The zero-order valence-electron chi connectivity index (χ0n) is 51.4. The number of carbonyl (C=O) groups excluding carboxylic acids is 3. The molecule has 0 spiro atoms. The lowest BCUT2D eigenvalue weighted by atomic mass is 10.0. The maximum atomic E-state index is 12.9. The van der Waals surface area contributed by atoms with Gasteiger partial charge in [0.2, 0.25) is 0 Å². The van der Waals surface area contributed by atoms with E-state index in [4.69, 9.17) is 14.2 Å². The van der Waals surface area contributed by atoms with Crippen LogP contribution in [0.25, 0.3) is 0 Å². The van der Waals surface area contributed by atoms with E-state index in [0.29, 0.717) is 19.3 Å². The second-order valence-corrected chi connectivity index (χ2v) is 22.0. The smallest absolute Gasteiger partial charge is 0.306 e. The van der Waals surface area contributed by atoms with Crippen LogP contribution in [-0.2, 0) is 28.6 Å². The van der Waals surface area contributed by atoms with Crippen molar-refractivity contribution in [2.45, 2.75) is 329 Å². The summed E-state index contributed by atoms with van der Waals surface area (Å²) in [5.41, 5.74) is 0. The zero-order chi connectivity index (χ0) is 56.4. The summed E-state index contributed by atoms with van der Waals surface area (Å²) in [5, 5.41) is 0. The molecule has 1 atom stereocenters. The van der Waals surface area contributed by atoms with Crippen LogP contribution in [0.4, 0.5) is 0 Å². The monoisotopic (exact) mass is 1080 g/mol. The SMILES string of the molecule is CC/C=C\C/C=C\C/C=C\C/C=C\C/C=C\C/C=C\C/C=C\C/C=C\CCCCCCCCC(=O)OCC(COC(=O)CCCCCCCC)OC(=O)CCCCCCCCCCCCCCCCCCCCCCCCC. The van der Waals surface area contributed by atoms with E-state index >= 15 is 0 Å². The maximum Gasteiger partial charge on any atom is 0.306 e. The van der Waals surface area contributed by atoms with Gasteiger partial charge in [-0.2, -0.15) is 0 Å². The van der Waals surface area contributed by atoms with Gasteiger partial charge in [-0.05, 0) is 83.5 Å². The molecule has 448 valence electrons. The predicted octanol–water partition coefficient (Wildman–Crippen LogP) is 22.8. The lowest BCUT2D eigenvalue weighted by molar-refractivity contribution is -0.167. The number of rotatable bonds is 60. The highest BCUT2D eigenvalue weighted by molar-refractivity contribution is 5.71. The maximum absolute atomic E-state index is 12.9. The highest BCUT2D eigenvalue weighted by Crippen LogP contribution is 2.17.